The zero-order chi connectivity index (χ0) is 15.5. The molecule has 1 aliphatic rings. The van der Waals surface area contributed by atoms with E-state index in [9.17, 15) is 8.42 Å². The third kappa shape index (κ3) is 3.84. The van der Waals surface area contributed by atoms with Gasteiger partial charge in [-0.15, -0.1) is 0 Å². The minimum absolute atomic E-state index is 0.181. The number of piperidine rings is 1. The first-order valence-electron chi connectivity index (χ1n) is 7.58. The van der Waals surface area contributed by atoms with E-state index < -0.39 is 10.0 Å². The molecule has 0 aliphatic carbocycles. The summed E-state index contributed by atoms with van der Waals surface area (Å²) in [6.45, 7) is 8.31. The van der Waals surface area contributed by atoms with Crippen LogP contribution in [0.3, 0.4) is 0 Å². The Morgan fingerprint density at radius 2 is 2.29 bits per heavy atom. The summed E-state index contributed by atoms with van der Waals surface area (Å²) in [5.74, 6) is 1.17. The van der Waals surface area contributed by atoms with E-state index in [0.717, 1.165) is 12.8 Å². The molecule has 6 nitrogen and oxygen atoms in total. The molecule has 1 aromatic rings. The fraction of sp³-hybridized carbons (Fsp3) is 0.786. The van der Waals surface area contributed by atoms with Crippen LogP contribution in [0.15, 0.2) is 11.2 Å². The Bertz CT molecular complexity index is 554. The lowest BCUT2D eigenvalue weighted by Gasteiger charge is -2.31. The number of nitrogens with zero attached hydrogens (tertiary/aromatic N) is 2. The van der Waals surface area contributed by atoms with E-state index in [-0.39, 0.29) is 16.9 Å². The smallest absolute Gasteiger partial charge is 0.260 e. The summed E-state index contributed by atoms with van der Waals surface area (Å²) in [4.78, 5) is 7.10. The second kappa shape index (κ2) is 6.89. The molecule has 0 bridgehead atoms. The van der Waals surface area contributed by atoms with E-state index in [1.165, 1.54) is 6.20 Å². The van der Waals surface area contributed by atoms with E-state index in [1.807, 2.05) is 20.8 Å². The molecule has 1 saturated heterocycles. The summed E-state index contributed by atoms with van der Waals surface area (Å²) >= 11 is 0. The highest BCUT2D eigenvalue weighted by atomic mass is 32.2. The maximum Gasteiger partial charge on any atom is 0.260 e. The van der Waals surface area contributed by atoms with Crippen LogP contribution in [0.25, 0.3) is 0 Å². The van der Waals surface area contributed by atoms with Crippen molar-refractivity contribution >= 4 is 10.0 Å². The van der Waals surface area contributed by atoms with Gasteiger partial charge in [0.05, 0.1) is 12.8 Å². The molecule has 120 valence electrons. The highest BCUT2D eigenvalue weighted by molar-refractivity contribution is 7.89. The molecular formula is C14H25N3O3S. The number of rotatable bonds is 6. The van der Waals surface area contributed by atoms with Crippen LogP contribution in [0.5, 0.6) is 0 Å². The monoisotopic (exact) mass is 315 g/mol. The van der Waals surface area contributed by atoms with Crippen LogP contribution >= 0.6 is 0 Å². The van der Waals surface area contributed by atoms with Gasteiger partial charge in [-0.3, -0.25) is 0 Å². The zero-order valence-corrected chi connectivity index (χ0v) is 13.8. The summed E-state index contributed by atoms with van der Waals surface area (Å²) in [6, 6.07) is 0. The molecule has 0 spiro atoms. The fourth-order valence-corrected chi connectivity index (χ4v) is 4.02. The molecule has 7 heteroatoms. The van der Waals surface area contributed by atoms with Crippen LogP contribution in [0, 0.1) is 5.92 Å². The lowest BCUT2D eigenvalue weighted by atomic mass is 10.0. The standard InChI is InChI=1S/C14H25N3O3S/c1-4-20-10-12-6-5-7-17(9-12)21(18,19)13-8-15-14(16-13)11(2)3/h8,11-12H,4-7,9-10H2,1-3H3,(H,15,16)/t12-/m1/s1. The molecule has 0 amide bonds. The van der Waals surface area contributed by atoms with Crippen LogP contribution in [0.1, 0.15) is 45.4 Å². The van der Waals surface area contributed by atoms with Gasteiger partial charge in [0.1, 0.15) is 5.82 Å². The first kappa shape index (κ1) is 16.5. The Morgan fingerprint density at radius 1 is 1.52 bits per heavy atom. The molecule has 1 atom stereocenters. The summed E-state index contributed by atoms with van der Waals surface area (Å²) in [5, 5.41) is 0.197. The van der Waals surface area contributed by atoms with Gasteiger partial charge in [0, 0.05) is 25.6 Å². The van der Waals surface area contributed by atoms with Crippen molar-refractivity contribution < 1.29 is 13.2 Å². The Hall–Kier alpha value is -0.920. The van der Waals surface area contributed by atoms with E-state index >= 15 is 0 Å². The molecule has 2 heterocycles. The van der Waals surface area contributed by atoms with E-state index in [4.69, 9.17) is 4.74 Å². The maximum atomic E-state index is 12.7. The largest absolute Gasteiger partial charge is 0.381 e. The molecule has 1 aromatic heterocycles. The number of ether oxygens (including phenoxy) is 1. The van der Waals surface area contributed by atoms with Gasteiger partial charge in [0.25, 0.3) is 10.0 Å². The van der Waals surface area contributed by atoms with Gasteiger partial charge in [-0.1, -0.05) is 13.8 Å². The molecule has 1 N–H and O–H groups in total. The van der Waals surface area contributed by atoms with Gasteiger partial charge in [-0.2, -0.15) is 4.31 Å². The van der Waals surface area contributed by atoms with Crippen molar-refractivity contribution in [2.45, 2.75) is 44.6 Å². The average Bonchev–Trinajstić information content (AvgIpc) is 2.96. The Morgan fingerprint density at radius 3 is 2.90 bits per heavy atom. The van der Waals surface area contributed by atoms with Gasteiger partial charge in [0.15, 0.2) is 5.03 Å². The normalized spacial score (nSPS) is 21.0. The second-order valence-corrected chi connectivity index (χ2v) is 7.72. The third-order valence-electron chi connectivity index (χ3n) is 3.78. The van der Waals surface area contributed by atoms with E-state index in [2.05, 4.69) is 9.97 Å². The van der Waals surface area contributed by atoms with Crippen molar-refractivity contribution in [3.05, 3.63) is 12.0 Å². The van der Waals surface area contributed by atoms with Crippen LogP contribution in [-0.4, -0.2) is 49.0 Å². The minimum atomic E-state index is -3.47. The molecule has 21 heavy (non-hydrogen) atoms. The molecule has 0 aromatic carbocycles. The zero-order valence-electron chi connectivity index (χ0n) is 13.0. The van der Waals surface area contributed by atoms with Crippen molar-refractivity contribution in [3.8, 4) is 0 Å². The molecule has 0 saturated carbocycles. The van der Waals surface area contributed by atoms with Gasteiger partial charge in [-0.25, -0.2) is 13.4 Å². The van der Waals surface area contributed by atoms with Gasteiger partial charge >= 0.3 is 0 Å². The number of hydrogen-bond donors (Lipinski definition) is 1. The molecule has 1 aliphatic heterocycles. The highest BCUT2D eigenvalue weighted by Gasteiger charge is 2.31. The van der Waals surface area contributed by atoms with Crippen LogP contribution < -0.4 is 0 Å². The molecule has 2 rings (SSSR count). The second-order valence-electron chi connectivity index (χ2n) is 5.82. The number of aromatic nitrogens is 2. The first-order chi connectivity index (χ1) is 9.95. The van der Waals surface area contributed by atoms with Crippen molar-refractivity contribution in [1.82, 2.24) is 14.3 Å². The van der Waals surface area contributed by atoms with Crippen molar-refractivity contribution in [2.75, 3.05) is 26.3 Å². The van der Waals surface area contributed by atoms with Gasteiger partial charge < -0.3 is 9.72 Å². The quantitative estimate of drug-likeness (QED) is 0.871. The lowest BCUT2D eigenvalue weighted by Crippen LogP contribution is -2.41. The number of H-pyrrole nitrogens is 1. The van der Waals surface area contributed by atoms with E-state index in [0.29, 0.717) is 32.1 Å². The number of hydrogen-bond acceptors (Lipinski definition) is 4. The van der Waals surface area contributed by atoms with Crippen molar-refractivity contribution in [2.24, 2.45) is 5.92 Å². The molecular weight excluding hydrogens is 290 g/mol. The summed E-state index contributed by atoms with van der Waals surface area (Å²) in [5.41, 5.74) is 0. The first-order valence-corrected chi connectivity index (χ1v) is 9.02. The summed E-state index contributed by atoms with van der Waals surface area (Å²) in [6.07, 6.45) is 3.32. The van der Waals surface area contributed by atoms with E-state index in [1.54, 1.807) is 4.31 Å². The Labute approximate surface area is 127 Å². The predicted octanol–water partition coefficient (Wildman–Crippen LogP) is 1.97. The number of imidazole rings is 1. The highest BCUT2D eigenvalue weighted by Crippen LogP contribution is 2.24. The molecule has 0 radical (unpaired) electrons. The maximum absolute atomic E-state index is 12.7. The number of sulfonamides is 1. The summed E-state index contributed by atoms with van der Waals surface area (Å²) < 4.78 is 32.3. The van der Waals surface area contributed by atoms with Gasteiger partial charge in [-0.05, 0) is 25.7 Å². The number of nitrogens with one attached hydrogen (secondary N) is 1. The van der Waals surface area contributed by atoms with Crippen molar-refractivity contribution in [3.63, 3.8) is 0 Å². The number of aromatic amines is 1. The average molecular weight is 315 g/mol. The van der Waals surface area contributed by atoms with Crippen LogP contribution in [-0.2, 0) is 14.8 Å². The summed E-state index contributed by atoms with van der Waals surface area (Å²) in [7, 11) is -3.47. The topological polar surface area (TPSA) is 75.3 Å². The van der Waals surface area contributed by atoms with Gasteiger partial charge in [0.2, 0.25) is 0 Å². The predicted molar refractivity (Wildman–Crippen MR) is 80.7 cm³/mol. The SMILES string of the molecule is CCOC[C@@H]1CCCN(S(=O)(=O)c2cnc(C(C)C)[nH]2)C1. The minimum Gasteiger partial charge on any atom is -0.381 e. The molecule has 1 fully saturated rings. The van der Waals surface area contributed by atoms with Crippen LogP contribution in [0.2, 0.25) is 0 Å². The Balaban J connectivity index is 2.10. The van der Waals surface area contributed by atoms with Crippen molar-refractivity contribution in [1.29, 1.82) is 0 Å². The third-order valence-corrected chi connectivity index (χ3v) is 5.55. The lowest BCUT2D eigenvalue weighted by molar-refractivity contribution is 0.0864. The van der Waals surface area contributed by atoms with Crippen LogP contribution in [0.4, 0.5) is 0 Å². The molecule has 0 unspecified atom stereocenters. The fourth-order valence-electron chi connectivity index (χ4n) is 2.55. The Kier molecular flexibility index (Phi) is 5.40.